The Balaban J connectivity index is 1.47. The summed E-state index contributed by atoms with van der Waals surface area (Å²) >= 11 is 0. The largest absolute Gasteiger partial charge is 0.433 e. The van der Waals surface area contributed by atoms with E-state index < -0.39 is 17.8 Å². The number of pyridine rings is 3. The van der Waals surface area contributed by atoms with Gasteiger partial charge in [0.05, 0.1) is 0 Å². The summed E-state index contributed by atoms with van der Waals surface area (Å²) in [5, 5.41) is 3.77. The number of hydrogen-bond donors (Lipinski definition) is 2. The van der Waals surface area contributed by atoms with Gasteiger partial charge in [-0.3, -0.25) is 4.98 Å². The number of aryl methyl sites for hydroxylation is 1. The summed E-state index contributed by atoms with van der Waals surface area (Å²) in [6.45, 7) is 2.00. The molecule has 0 aliphatic carbocycles. The third kappa shape index (κ3) is 4.24. The zero-order chi connectivity index (χ0) is 21.3. The van der Waals surface area contributed by atoms with E-state index in [0.717, 1.165) is 34.4 Å². The number of aromatic amines is 1. The van der Waals surface area contributed by atoms with Crippen LogP contribution in [0.15, 0.2) is 48.9 Å². The summed E-state index contributed by atoms with van der Waals surface area (Å²) in [5.74, 6) is -0.404. The molecule has 0 aromatic carbocycles. The Bertz CT molecular complexity index is 1200. The number of halogens is 4. The zero-order valence-corrected chi connectivity index (χ0v) is 15.9. The second kappa shape index (κ2) is 7.74. The summed E-state index contributed by atoms with van der Waals surface area (Å²) in [6.07, 6.45) is 0.465. The predicted molar refractivity (Wildman–Crippen MR) is 104 cm³/mol. The molecule has 0 bridgehead atoms. The quantitative estimate of drug-likeness (QED) is 0.355. The second-order valence-electron chi connectivity index (χ2n) is 6.95. The smallest absolute Gasteiger partial charge is 0.366 e. The minimum atomic E-state index is -4.52. The van der Waals surface area contributed by atoms with Crippen LogP contribution in [-0.2, 0) is 19.1 Å². The van der Waals surface area contributed by atoms with E-state index in [9.17, 15) is 17.6 Å². The lowest BCUT2D eigenvalue weighted by Gasteiger charge is -2.10. The number of aromatic nitrogens is 4. The third-order valence-electron chi connectivity index (χ3n) is 4.65. The lowest BCUT2D eigenvalue weighted by molar-refractivity contribution is -0.141. The number of rotatable bonds is 5. The van der Waals surface area contributed by atoms with Crippen molar-refractivity contribution in [1.82, 2.24) is 19.9 Å². The highest BCUT2D eigenvalue weighted by atomic mass is 19.4. The minimum Gasteiger partial charge on any atom is -0.366 e. The molecule has 2 N–H and O–H groups in total. The molecule has 0 atom stereocenters. The first-order chi connectivity index (χ1) is 14.3. The molecule has 0 amide bonds. The molecule has 4 heterocycles. The molecule has 0 aliphatic heterocycles. The lowest BCUT2D eigenvalue weighted by Crippen LogP contribution is -2.10. The third-order valence-corrected chi connectivity index (χ3v) is 4.65. The van der Waals surface area contributed by atoms with Gasteiger partial charge in [-0.15, -0.1) is 0 Å². The van der Waals surface area contributed by atoms with Crippen LogP contribution in [0.2, 0.25) is 0 Å². The van der Waals surface area contributed by atoms with Crippen molar-refractivity contribution in [2.75, 3.05) is 5.32 Å². The molecule has 0 aliphatic rings. The molecule has 0 fully saturated rings. The van der Waals surface area contributed by atoms with Gasteiger partial charge in [0.2, 0.25) is 5.95 Å². The van der Waals surface area contributed by atoms with Crippen LogP contribution in [0.4, 0.5) is 23.4 Å². The molecular formula is C21H17F4N5. The van der Waals surface area contributed by atoms with Gasteiger partial charge in [-0.25, -0.2) is 9.97 Å². The van der Waals surface area contributed by atoms with Crippen molar-refractivity contribution in [2.45, 2.75) is 26.1 Å². The highest BCUT2D eigenvalue weighted by Crippen LogP contribution is 2.28. The summed E-state index contributed by atoms with van der Waals surface area (Å²) in [7, 11) is 0. The van der Waals surface area contributed by atoms with Gasteiger partial charge in [-0.05, 0) is 47.9 Å². The van der Waals surface area contributed by atoms with Gasteiger partial charge in [0.1, 0.15) is 17.2 Å². The number of H-pyrrole nitrogens is 1. The lowest BCUT2D eigenvalue weighted by atomic mass is 10.1. The minimum absolute atomic E-state index is 0.0603. The summed E-state index contributed by atoms with van der Waals surface area (Å²) in [5.41, 5.74) is 2.44. The molecule has 0 radical (unpaired) electrons. The van der Waals surface area contributed by atoms with Crippen molar-refractivity contribution in [3.8, 4) is 0 Å². The number of nitrogens with one attached hydrogen (secondary N) is 2. The molecule has 154 valence electrons. The monoisotopic (exact) mass is 415 g/mol. The van der Waals surface area contributed by atoms with Gasteiger partial charge >= 0.3 is 6.18 Å². The Morgan fingerprint density at radius 1 is 1.07 bits per heavy atom. The molecule has 4 aromatic rings. The van der Waals surface area contributed by atoms with Crippen LogP contribution in [-0.4, -0.2) is 19.9 Å². The molecule has 0 unspecified atom stereocenters. The van der Waals surface area contributed by atoms with Crippen LogP contribution in [0.5, 0.6) is 0 Å². The predicted octanol–water partition coefficient (Wildman–Crippen LogP) is 5.02. The molecule has 0 saturated heterocycles. The number of alkyl halides is 3. The standard InChI is InChI=1S/C21H17F4N5/c1-12-6-16-15(11-29-20(16)28-9-12)8-14-2-3-18(30-19(14)22)27-10-13-4-5-26-17(7-13)21(23,24)25/h2-7,9,11H,8,10H2,1H3,(H,27,30)(H,28,29). The van der Waals surface area contributed by atoms with E-state index in [-0.39, 0.29) is 12.4 Å². The Labute approximate surface area is 169 Å². The van der Waals surface area contributed by atoms with Crippen LogP contribution in [0.25, 0.3) is 11.0 Å². The van der Waals surface area contributed by atoms with Gasteiger partial charge in [0, 0.05) is 42.5 Å². The highest BCUT2D eigenvalue weighted by molar-refractivity contribution is 5.80. The fourth-order valence-corrected chi connectivity index (χ4v) is 3.14. The average Bonchev–Trinajstić information content (AvgIpc) is 3.10. The van der Waals surface area contributed by atoms with Crippen LogP contribution in [0.1, 0.15) is 27.9 Å². The fourth-order valence-electron chi connectivity index (χ4n) is 3.14. The van der Waals surface area contributed by atoms with Crippen LogP contribution >= 0.6 is 0 Å². The zero-order valence-electron chi connectivity index (χ0n) is 15.9. The van der Waals surface area contributed by atoms with Crippen molar-refractivity contribution < 1.29 is 17.6 Å². The van der Waals surface area contributed by atoms with E-state index in [4.69, 9.17) is 0 Å². The van der Waals surface area contributed by atoms with Gasteiger partial charge in [-0.1, -0.05) is 6.07 Å². The Morgan fingerprint density at radius 2 is 1.90 bits per heavy atom. The second-order valence-corrected chi connectivity index (χ2v) is 6.95. The molecule has 4 rings (SSSR count). The average molecular weight is 415 g/mol. The van der Waals surface area contributed by atoms with E-state index in [1.165, 1.54) is 6.07 Å². The molecule has 30 heavy (non-hydrogen) atoms. The molecule has 9 heteroatoms. The number of fused-ring (bicyclic) bond motifs is 1. The highest BCUT2D eigenvalue weighted by Gasteiger charge is 2.32. The normalized spacial score (nSPS) is 11.8. The van der Waals surface area contributed by atoms with E-state index >= 15 is 0 Å². The van der Waals surface area contributed by atoms with Crippen molar-refractivity contribution in [3.63, 3.8) is 0 Å². The summed E-state index contributed by atoms with van der Waals surface area (Å²) in [4.78, 5) is 14.6. The van der Waals surface area contributed by atoms with Crippen LogP contribution in [0, 0.1) is 12.9 Å². The van der Waals surface area contributed by atoms with E-state index in [0.29, 0.717) is 17.5 Å². The van der Waals surface area contributed by atoms with Crippen molar-refractivity contribution >= 4 is 16.9 Å². The molecule has 0 saturated carbocycles. The maximum atomic E-state index is 14.5. The van der Waals surface area contributed by atoms with Gasteiger partial charge in [-0.2, -0.15) is 17.6 Å². The van der Waals surface area contributed by atoms with Crippen molar-refractivity contribution in [1.29, 1.82) is 0 Å². The maximum absolute atomic E-state index is 14.5. The Morgan fingerprint density at radius 3 is 2.67 bits per heavy atom. The van der Waals surface area contributed by atoms with E-state index in [2.05, 4.69) is 25.3 Å². The van der Waals surface area contributed by atoms with Crippen molar-refractivity contribution in [2.24, 2.45) is 0 Å². The topological polar surface area (TPSA) is 66.5 Å². The first-order valence-corrected chi connectivity index (χ1v) is 9.13. The Hall–Kier alpha value is -3.49. The van der Waals surface area contributed by atoms with Crippen molar-refractivity contribution in [3.05, 3.63) is 82.8 Å². The number of anilines is 1. The Kier molecular flexibility index (Phi) is 5.11. The molecule has 4 aromatic heterocycles. The summed E-state index contributed by atoms with van der Waals surface area (Å²) in [6, 6.07) is 7.60. The van der Waals surface area contributed by atoms with E-state index in [1.807, 2.05) is 13.0 Å². The first-order valence-electron chi connectivity index (χ1n) is 9.13. The van der Waals surface area contributed by atoms with Gasteiger partial charge < -0.3 is 10.3 Å². The number of hydrogen-bond acceptors (Lipinski definition) is 4. The van der Waals surface area contributed by atoms with Gasteiger partial charge in [0.15, 0.2) is 0 Å². The molecule has 5 nitrogen and oxygen atoms in total. The number of nitrogens with zero attached hydrogens (tertiary/aromatic N) is 3. The SMILES string of the molecule is Cc1cnc2[nH]cc(Cc3ccc(NCc4ccnc(C(F)(F)F)c4)nc3F)c2c1. The molecule has 0 spiro atoms. The van der Waals surface area contributed by atoms with Crippen LogP contribution < -0.4 is 5.32 Å². The fraction of sp³-hybridized carbons (Fsp3) is 0.190. The first kappa shape index (κ1) is 19.8. The van der Waals surface area contributed by atoms with Gasteiger partial charge in [0.25, 0.3) is 0 Å². The molecular weight excluding hydrogens is 398 g/mol. The maximum Gasteiger partial charge on any atom is 0.433 e. The van der Waals surface area contributed by atoms with Crippen LogP contribution in [0.3, 0.4) is 0 Å². The summed E-state index contributed by atoms with van der Waals surface area (Å²) < 4.78 is 52.8. The van der Waals surface area contributed by atoms with E-state index in [1.54, 1.807) is 24.5 Å².